The van der Waals surface area contributed by atoms with Crippen molar-refractivity contribution in [2.75, 3.05) is 20.1 Å². The lowest BCUT2D eigenvalue weighted by atomic mass is 9.87. The van der Waals surface area contributed by atoms with Gasteiger partial charge in [-0.3, -0.25) is 4.98 Å². The minimum atomic E-state index is 0.658. The van der Waals surface area contributed by atoms with Crippen LogP contribution in [0.5, 0.6) is 11.5 Å². The Bertz CT molecular complexity index is 1230. The first-order valence-corrected chi connectivity index (χ1v) is 11.7. The Morgan fingerprint density at radius 3 is 2.03 bits per heavy atom. The van der Waals surface area contributed by atoms with Crippen LogP contribution >= 0.6 is 11.6 Å². The summed E-state index contributed by atoms with van der Waals surface area (Å²) in [6.45, 7) is 0. The fourth-order valence-electron chi connectivity index (χ4n) is 4.08. The zero-order valence-electron chi connectivity index (χ0n) is 19.1. The van der Waals surface area contributed by atoms with E-state index in [0.29, 0.717) is 5.88 Å². The Balaban J connectivity index is 1.94. The molecule has 0 amide bonds. The van der Waals surface area contributed by atoms with Crippen molar-refractivity contribution in [2.24, 2.45) is 0 Å². The van der Waals surface area contributed by atoms with Gasteiger partial charge in [-0.15, -0.1) is 11.6 Å². The summed E-state index contributed by atoms with van der Waals surface area (Å²) in [7, 11) is 3.38. The maximum absolute atomic E-state index is 6.03. The molecule has 0 aliphatic heterocycles. The summed E-state index contributed by atoms with van der Waals surface area (Å²) in [6, 6.07) is 27.0. The number of aromatic nitrogens is 1. The van der Waals surface area contributed by atoms with Crippen molar-refractivity contribution < 1.29 is 9.47 Å². The van der Waals surface area contributed by atoms with Gasteiger partial charge in [0.25, 0.3) is 0 Å². The second-order valence-corrected chi connectivity index (χ2v) is 8.25. The number of hydrogen-bond donors (Lipinski definition) is 0. The van der Waals surface area contributed by atoms with Crippen LogP contribution in [0.1, 0.15) is 36.0 Å². The van der Waals surface area contributed by atoms with Gasteiger partial charge >= 0.3 is 0 Å². The molecule has 4 rings (SSSR count). The first-order valence-electron chi connectivity index (χ1n) is 11.2. The summed E-state index contributed by atoms with van der Waals surface area (Å²) in [4.78, 5) is 4.76. The van der Waals surface area contributed by atoms with E-state index in [4.69, 9.17) is 26.1 Å². The molecule has 0 unspecified atom stereocenters. The molecule has 1 aromatic heterocycles. The molecule has 0 saturated heterocycles. The van der Waals surface area contributed by atoms with Gasteiger partial charge in [-0.25, -0.2) is 0 Å². The number of nitrogens with zero attached hydrogens (tertiary/aromatic N) is 1. The summed E-state index contributed by atoms with van der Waals surface area (Å²) >= 11 is 6.03. The van der Waals surface area contributed by atoms with Crippen LogP contribution in [0.25, 0.3) is 22.0 Å². The van der Waals surface area contributed by atoms with Gasteiger partial charge in [-0.1, -0.05) is 42.5 Å². The number of alkyl halides is 1. The fraction of sp³-hybridized carbons (Fsp3) is 0.207. The molecule has 0 atom stereocenters. The zero-order valence-corrected chi connectivity index (χ0v) is 19.8. The zero-order chi connectivity index (χ0) is 23.0. The van der Waals surface area contributed by atoms with Gasteiger partial charge < -0.3 is 9.47 Å². The lowest BCUT2D eigenvalue weighted by molar-refractivity contribution is 0.414. The third-order valence-corrected chi connectivity index (χ3v) is 6.08. The minimum absolute atomic E-state index is 0.658. The molecule has 168 valence electrons. The molecule has 0 aliphatic carbocycles. The molecule has 0 N–H and O–H groups in total. The van der Waals surface area contributed by atoms with Crippen LogP contribution < -0.4 is 9.47 Å². The third kappa shape index (κ3) is 5.37. The van der Waals surface area contributed by atoms with E-state index in [2.05, 4.69) is 42.5 Å². The molecular weight excluding hydrogens is 430 g/mol. The van der Waals surface area contributed by atoms with Crippen LogP contribution in [0.2, 0.25) is 0 Å². The average Bonchev–Trinajstić information content (AvgIpc) is 2.88. The normalized spacial score (nSPS) is 11.8. The standard InChI is InChI=1S/C29H28ClNO2/c1-32-25-14-10-21(11-15-25)27(8-5-6-18-30)29(22-12-16-26(33-2)17-13-22)24-19-23-7-3-4-9-28(23)31-20-24/h3-4,7,9-17,19-20H,5-6,8,18H2,1-2H3/b29-27-. The quantitative estimate of drug-likeness (QED) is 0.147. The van der Waals surface area contributed by atoms with E-state index < -0.39 is 0 Å². The Hall–Kier alpha value is -3.30. The summed E-state index contributed by atoms with van der Waals surface area (Å²) in [6.07, 6.45) is 4.86. The Kier molecular flexibility index (Phi) is 7.64. The second-order valence-electron chi connectivity index (χ2n) is 7.87. The smallest absolute Gasteiger partial charge is 0.118 e. The fourth-order valence-corrected chi connectivity index (χ4v) is 4.27. The van der Waals surface area contributed by atoms with Crippen molar-refractivity contribution in [3.05, 3.63) is 102 Å². The van der Waals surface area contributed by atoms with Crippen molar-refractivity contribution in [3.8, 4) is 11.5 Å². The summed E-state index contributed by atoms with van der Waals surface area (Å²) < 4.78 is 10.8. The Labute approximate surface area is 200 Å². The van der Waals surface area contributed by atoms with Crippen LogP contribution in [0.3, 0.4) is 0 Å². The number of para-hydroxylation sites is 1. The van der Waals surface area contributed by atoms with Crippen molar-refractivity contribution in [1.29, 1.82) is 0 Å². The van der Waals surface area contributed by atoms with Gasteiger partial charge in [0.1, 0.15) is 11.5 Å². The van der Waals surface area contributed by atoms with Gasteiger partial charge in [0.2, 0.25) is 0 Å². The van der Waals surface area contributed by atoms with Gasteiger partial charge in [0.05, 0.1) is 19.7 Å². The molecule has 1 heterocycles. The van der Waals surface area contributed by atoms with Crippen molar-refractivity contribution in [3.63, 3.8) is 0 Å². The van der Waals surface area contributed by atoms with E-state index in [1.807, 2.05) is 42.6 Å². The van der Waals surface area contributed by atoms with E-state index in [-0.39, 0.29) is 0 Å². The van der Waals surface area contributed by atoms with Crippen LogP contribution in [0.15, 0.2) is 85.1 Å². The van der Waals surface area contributed by atoms with Crippen LogP contribution in [-0.2, 0) is 0 Å². The number of rotatable bonds is 9. The molecule has 4 heteroatoms. The number of pyridine rings is 1. The van der Waals surface area contributed by atoms with Gasteiger partial charge in [-0.05, 0) is 77.9 Å². The van der Waals surface area contributed by atoms with Gasteiger partial charge in [0, 0.05) is 23.0 Å². The lowest BCUT2D eigenvalue weighted by Crippen LogP contribution is -1.98. The van der Waals surface area contributed by atoms with Crippen molar-refractivity contribution >= 4 is 33.7 Å². The van der Waals surface area contributed by atoms with E-state index in [9.17, 15) is 0 Å². The summed E-state index contributed by atoms with van der Waals surface area (Å²) in [5, 5.41) is 1.12. The molecule has 3 aromatic carbocycles. The Morgan fingerprint density at radius 1 is 0.758 bits per heavy atom. The summed E-state index contributed by atoms with van der Waals surface area (Å²) in [5.74, 6) is 2.34. The van der Waals surface area contributed by atoms with Crippen LogP contribution in [-0.4, -0.2) is 25.1 Å². The highest BCUT2D eigenvalue weighted by atomic mass is 35.5. The maximum atomic E-state index is 6.03. The van der Waals surface area contributed by atoms with E-state index in [0.717, 1.165) is 52.8 Å². The molecule has 0 aliphatic rings. The molecule has 0 bridgehead atoms. The number of benzene rings is 3. The van der Waals surface area contributed by atoms with E-state index in [1.165, 1.54) is 16.7 Å². The first-order chi connectivity index (χ1) is 16.2. The molecular formula is C29H28ClNO2. The molecule has 0 saturated carbocycles. The van der Waals surface area contributed by atoms with Crippen molar-refractivity contribution in [2.45, 2.75) is 19.3 Å². The third-order valence-electron chi connectivity index (χ3n) is 5.81. The monoisotopic (exact) mass is 457 g/mol. The highest BCUT2D eigenvalue weighted by Crippen LogP contribution is 2.37. The predicted molar refractivity (Wildman–Crippen MR) is 138 cm³/mol. The first kappa shape index (κ1) is 22.9. The second kappa shape index (κ2) is 11.0. The molecule has 3 nitrogen and oxygen atoms in total. The molecule has 0 spiro atoms. The largest absolute Gasteiger partial charge is 0.497 e. The van der Waals surface area contributed by atoms with Gasteiger partial charge in [0.15, 0.2) is 0 Å². The number of methoxy groups -OCH3 is 2. The number of ether oxygens (including phenoxy) is 2. The number of allylic oxidation sites excluding steroid dienone is 1. The predicted octanol–water partition coefficient (Wildman–Crippen LogP) is 7.62. The van der Waals surface area contributed by atoms with Crippen LogP contribution in [0, 0.1) is 0 Å². The highest BCUT2D eigenvalue weighted by Gasteiger charge is 2.16. The van der Waals surface area contributed by atoms with E-state index >= 15 is 0 Å². The maximum Gasteiger partial charge on any atom is 0.118 e. The molecule has 0 fully saturated rings. The number of unbranched alkanes of at least 4 members (excludes halogenated alkanes) is 1. The number of hydrogen-bond acceptors (Lipinski definition) is 3. The minimum Gasteiger partial charge on any atom is -0.497 e. The Morgan fingerprint density at radius 2 is 1.39 bits per heavy atom. The molecule has 33 heavy (non-hydrogen) atoms. The SMILES string of the molecule is COc1ccc(/C(CCCCCl)=C(/c2ccc(OC)cc2)c2cnc3ccccc3c2)cc1. The summed E-state index contributed by atoms with van der Waals surface area (Å²) in [5.41, 5.74) is 6.83. The lowest BCUT2D eigenvalue weighted by Gasteiger charge is -2.18. The van der Waals surface area contributed by atoms with E-state index in [1.54, 1.807) is 14.2 Å². The topological polar surface area (TPSA) is 31.4 Å². The van der Waals surface area contributed by atoms with Crippen molar-refractivity contribution in [1.82, 2.24) is 4.98 Å². The molecule has 0 radical (unpaired) electrons. The average molecular weight is 458 g/mol. The number of fused-ring (bicyclic) bond motifs is 1. The molecule has 4 aromatic rings. The number of halogens is 1. The van der Waals surface area contributed by atoms with Gasteiger partial charge in [-0.2, -0.15) is 0 Å². The van der Waals surface area contributed by atoms with Crippen LogP contribution in [0.4, 0.5) is 0 Å². The highest BCUT2D eigenvalue weighted by molar-refractivity contribution is 6.17.